The Morgan fingerprint density at radius 2 is 1.95 bits per heavy atom. The zero-order chi connectivity index (χ0) is 15.6. The van der Waals surface area contributed by atoms with Crippen molar-refractivity contribution in [3.05, 3.63) is 46.0 Å². The minimum Gasteiger partial charge on any atom is -0.493 e. The average molecular weight is 304 g/mol. The molecule has 0 unspecified atom stereocenters. The third kappa shape index (κ3) is 3.88. The van der Waals surface area contributed by atoms with E-state index in [0.29, 0.717) is 17.1 Å². The van der Waals surface area contributed by atoms with Gasteiger partial charge in [-0.3, -0.25) is 4.79 Å². The fraction of sp³-hybridized carbons (Fsp3) is 0.375. The van der Waals surface area contributed by atoms with Crippen LogP contribution in [0.4, 0.5) is 0 Å². The van der Waals surface area contributed by atoms with E-state index in [1.165, 1.54) is 0 Å². The number of H-pyrrole nitrogens is 1. The molecule has 21 heavy (non-hydrogen) atoms. The van der Waals surface area contributed by atoms with Crippen LogP contribution in [0.1, 0.15) is 32.2 Å². The molecule has 0 aliphatic carbocycles. The Balaban J connectivity index is 2.39. The van der Waals surface area contributed by atoms with E-state index in [4.69, 9.17) is 0 Å². The number of rotatable bonds is 3. The second-order valence-corrected chi connectivity index (χ2v) is 7.73. The quantitative estimate of drug-likeness (QED) is 0.911. The van der Waals surface area contributed by atoms with Gasteiger partial charge in [-0.2, -0.15) is 4.98 Å². The van der Waals surface area contributed by atoms with Crippen LogP contribution in [0.5, 0.6) is 5.88 Å². The van der Waals surface area contributed by atoms with E-state index in [9.17, 15) is 9.90 Å². The Morgan fingerprint density at radius 1 is 1.29 bits per heavy atom. The first-order valence-corrected chi connectivity index (χ1v) is 7.78. The monoisotopic (exact) mass is 304 g/mol. The van der Waals surface area contributed by atoms with Gasteiger partial charge in [0.2, 0.25) is 5.88 Å². The van der Waals surface area contributed by atoms with Gasteiger partial charge in [0.1, 0.15) is 11.4 Å². The molecule has 0 fully saturated rings. The minimum absolute atomic E-state index is 0.0723. The average Bonchev–Trinajstić information content (AvgIpc) is 2.37. The summed E-state index contributed by atoms with van der Waals surface area (Å²) in [4.78, 5) is 19.2. The summed E-state index contributed by atoms with van der Waals surface area (Å²) in [5, 5.41) is 10.1. The van der Waals surface area contributed by atoms with Gasteiger partial charge in [0.25, 0.3) is 5.56 Å². The molecule has 0 saturated heterocycles. The Labute approximate surface area is 128 Å². The fourth-order valence-corrected chi connectivity index (χ4v) is 2.66. The molecule has 0 amide bonds. The highest BCUT2D eigenvalue weighted by Crippen LogP contribution is 2.29. The molecular weight excluding hydrogens is 284 g/mol. The number of thioether (sulfide) groups is 1. The third-order valence-electron chi connectivity index (χ3n) is 3.01. The van der Waals surface area contributed by atoms with Gasteiger partial charge in [-0.15, -0.1) is 11.8 Å². The van der Waals surface area contributed by atoms with Gasteiger partial charge in [0.15, 0.2) is 0 Å². The summed E-state index contributed by atoms with van der Waals surface area (Å²) < 4.78 is 0.0723. The van der Waals surface area contributed by atoms with Crippen molar-refractivity contribution >= 4 is 11.8 Å². The van der Waals surface area contributed by atoms with Crippen molar-refractivity contribution in [1.82, 2.24) is 9.97 Å². The topological polar surface area (TPSA) is 66.0 Å². The second kappa shape index (κ2) is 5.93. The molecule has 0 atom stereocenters. The van der Waals surface area contributed by atoms with Crippen molar-refractivity contribution in [2.24, 2.45) is 0 Å². The lowest BCUT2D eigenvalue weighted by atomic mass is 10.0. The smallest absolute Gasteiger partial charge is 0.262 e. The summed E-state index contributed by atoms with van der Waals surface area (Å²) in [6.07, 6.45) is 0. The lowest BCUT2D eigenvalue weighted by molar-refractivity contribution is 0.451. The molecule has 0 saturated carbocycles. The summed E-state index contributed by atoms with van der Waals surface area (Å²) >= 11 is 1.67. The first-order valence-electron chi connectivity index (χ1n) is 6.80. The van der Waals surface area contributed by atoms with Crippen LogP contribution < -0.4 is 5.56 Å². The van der Waals surface area contributed by atoms with Gasteiger partial charge in [0.05, 0.1) is 5.75 Å². The standard InChI is InChI=1S/C16H20N2O2S/c1-10-7-5-6-8-11(10)13-14(19)17-12(18-15(13)20)9-21-16(2,3)4/h5-8H,9H2,1-4H3,(H2,17,18,19,20). The number of aromatic hydroxyl groups is 1. The lowest BCUT2D eigenvalue weighted by Gasteiger charge is -2.17. The van der Waals surface area contributed by atoms with Crippen molar-refractivity contribution in [3.8, 4) is 17.0 Å². The molecule has 0 radical (unpaired) electrons. The molecule has 2 N–H and O–H groups in total. The zero-order valence-electron chi connectivity index (χ0n) is 12.7. The van der Waals surface area contributed by atoms with Crippen LogP contribution in [0.3, 0.4) is 0 Å². The van der Waals surface area contributed by atoms with Crippen LogP contribution in [-0.4, -0.2) is 19.8 Å². The van der Waals surface area contributed by atoms with Gasteiger partial charge in [-0.05, 0) is 18.1 Å². The van der Waals surface area contributed by atoms with E-state index in [2.05, 4.69) is 30.7 Å². The Kier molecular flexibility index (Phi) is 4.42. The Hall–Kier alpha value is -1.75. The van der Waals surface area contributed by atoms with E-state index >= 15 is 0 Å². The van der Waals surface area contributed by atoms with Gasteiger partial charge in [-0.25, -0.2) is 0 Å². The van der Waals surface area contributed by atoms with E-state index < -0.39 is 0 Å². The SMILES string of the molecule is Cc1ccccc1-c1c(O)nc(CSC(C)(C)C)[nH]c1=O. The maximum atomic E-state index is 12.3. The minimum atomic E-state index is -0.304. The van der Waals surface area contributed by atoms with Crippen molar-refractivity contribution in [2.75, 3.05) is 0 Å². The molecule has 112 valence electrons. The normalized spacial score (nSPS) is 11.6. The van der Waals surface area contributed by atoms with E-state index in [0.717, 1.165) is 5.56 Å². The number of nitrogens with zero attached hydrogens (tertiary/aromatic N) is 1. The number of benzene rings is 1. The molecule has 0 bridgehead atoms. The Bertz CT molecular complexity index is 702. The van der Waals surface area contributed by atoms with Crippen molar-refractivity contribution < 1.29 is 5.11 Å². The molecule has 0 spiro atoms. The third-order valence-corrected chi connectivity index (χ3v) is 4.29. The number of aromatic nitrogens is 2. The zero-order valence-corrected chi connectivity index (χ0v) is 13.5. The number of aryl methyl sites for hydroxylation is 1. The second-order valence-electron chi connectivity index (χ2n) is 5.93. The summed E-state index contributed by atoms with van der Waals surface area (Å²) in [5.74, 6) is 0.840. The van der Waals surface area contributed by atoms with Crippen molar-refractivity contribution in [1.29, 1.82) is 0 Å². The molecule has 2 rings (SSSR count). The van der Waals surface area contributed by atoms with Crippen LogP contribution in [0.15, 0.2) is 29.1 Å². The van der Waals surface area contributed by atoms with Gasteiger partial charge in [0, 0.05) is 4.75 Å². The largest absolute Gasteiger partial charge is 0.493 e. The van der Waals surface area contributed by atoms with Crippen molar-refractivity contribution in [3.63, 3.8) is 0 Å². The lowest BCUT2D eigenvalue weighted by Crippen LogP contribution is -2.15. The fourth-order valence-electron chi connectivity index (χ4n) is 1.96. The van der Waals surface area contributed by atoms with Gasteiger partial charge < -0.3 is 10.1 Å². The number of hydrogen-bond donors (Lipinski definition) is 2. The number of aromatic amines is 1. The van der Waals surface area contributed by atoms with E-state index in [-0.39, 0.29) is 21.7 Å². The first-order chi connectivity index (χ1) is 9.78. The molecule has 5 heteroatoms. The van der Waals surface area contributed by atoms with Crippen LogP contribution in [-0.2, 0) is 5.75 Å². The highest BCUT2D eigenvalue weighted by Gasteiger charge is 2.16. The molecule has 1 aromatic heterocycles. The maximum absolute atomic E-state index is 12.3. The summed E-state index contributed by atoms with van der Waals surface area (Å²) in [6, 6.07) is 7.44. The maximum Gasteiger partial charge on any atom is 0.262 e. The molecule has 0 aliphatic heterocycles. The molecule has 1 heterocycles. The number of hydrogen-bond acceptors (Lipinski definition) is 4. The van der Waals surface area contributed by atoms with Gasteiger partial charge >= 0.3 is 0 Å². The van der Waals surface area contributed by atoms with Crippen LogP contribution in [0.25, 0.3) is 11.1 Å². The van der Waals surface area contributed by atoms with E-state index in [1.54, 1.807) is 11.8 Å². The van der Waals surface area contributed by atoms with E-state index in [1.807, 2.05) is 31.2 Å². The molecular formula is C16H20N2O2S. The Morgan fingerprint density at radius 3 is 2.52 bits per heavy atom. The first kappa shape index (κ1) is 15.6. The van der Waals surface area contributed by atoms with Crippen LogP contribution in [0.2, 0.25) is 0 Å². The summed E-state index contributed by atoms with van der Waals surface area (Å²) in [5.41, 5.74) is 1.56. The summed E-state index contributed by atoms with van der Waals surface area (Å²) in [6.45, 7) is 8.18. The van der Waals surface area contributed by atoms with Crippen LogP contribution >= 0.6 is 11.8 Å². The molecule has 0 aliphatic rings. The number of nitrogens with one attached hydrogen (secondary N) is 1. The highest BCUT2D eigenvalue weighted by molar-refractivity contribution is 7.99. The highest BCUT2D eigenvalue weighted by atomic mass is 32.2. The van der Waals surface area contributed by atoms with Crippen LogP contribution in [0, 0.1) is 6.92 Å². The molecule has 1 aromatic carbocycles. The van der Waals surface area contributed by atoms with Gasteiger partial charge in [-0.1, -0.05) is 45.0 Å². The molecule has 2 aromatic rings. The summed E-state index contributed by atoms with van der Waals surface area (Å²) in [7, 11) is 0. The predicted molar refractivity (Wildman–Crippen MR) is 87.7 cm³/mol. The molecule has 4 nitrogen and oxygen atoms in total. The predicted octanol–water partition coefficient (Wildman–Crippen LogP) is 3.48. The van der Waals surface area contributed by atoms with Crippen molar-refractivity contribution in [2.45, 2.75) is 38.2 Å².